The van der Waals surface area contributed by atoms with Crippen LogP contribution in [0.3, 0.4) is 0 Å². The first-order chi connectivity index (χ1) is 17.8. The van der Waals surface area contributed by atoms with Gasteiger partial charge in [-0.25, -0.2) is 33.6 Å². The lowest BCUT2D eigenvalue weighted by Crippen LogP contribution is -2.55. The number of carbonyl (C=O) groups is 9. The van der Waals surface area contributed by atoms with Crippen LogP contribution >= 0.6 is 0 Å². The summed E-state index contributed by atoms with van der Waals surface area (Å²) in [6.07, 6.45) is 3.28. The molecule has 9 N–H and O–H groups in total. The fraction of sp³-hybridized carbons (Fsp3) is 0.0952. The van der Waals surface area contributed by atoms with Gasteiger partial charge in [-0.1, -0.05) is 25.3 Å². The van der Waals surface area contributed by atoms with Crippen molar-refractivity contribution in [3.05, 3.63) is 58.7 Å². The number of allylic oxidation sites excluding steroid dienone is 2. The highest BCUT2D eigenvalue weighted by Crippen LogP contribution is 2.54. The molecule has 0 spiro atoms. The Morgan fingerprint density at radius 1 is 0.590 bits per heavy atom. The van der Waals surface area contributed by atoms with E-state index in [1.165, 1.54) is 0 Å². The zero-order valence-corrected chi connectivity index (χ0v) is 18.8. The Kier molecular flexibility index (Phi) is 10.3. The van der Waals surface area contributed by atoms with E-state index < -0.39 is 98.5 Å². The Balaban J connectivity index is 0.00000336. The summed E-state index contributed by atoms with van der Waals surface area (Å²) in [4.78, 5) is 107. The number of carboxylic acid groups (broad SMARTS) is 9. The second-order valence-corrected chi connectivity index (χ2v) is 6.78. The van der Waals surface area contributed by atoms with Gasteiger partial charge in [-0.2, -0.15) is 0 Å². The van der Waals surface area contributed by atoms with Crippen LogP contribution in [0.25, 0.3) is 0 Å². The Hall–Kier alpha value is -6.07. The summed E-state index contributed by atoms with van der Waals surface area (Å²) < 4.78 is 0. The number of hydrogen-bond acceptors (Lipinski definition) is 9. The average molecular weight is 556 g/mol. The molecule has 0 bridgehead atoms. The Labute approximate surface area is 213 Å². The van der Waals surface area contributed by atoms with Gasteiger partial charge in [0, 0.05) is 0 Å². The summed E-state index contributed by atoms with van der Waals surface area (Å²) in [6.45, 7) is 6.72. The molecule has 0 radical (unpaired) electrons. The molecule has 208 valence electrons. The van der Waals surface area contributed by atoms with E-state index in [-0.39, 0.29) is 0 Å². The smallest absolute Gasteiger partial charge is 0.343 e. The number of carboxylic acids is 9. The summed E-state index contributed by atoms with van der Waals surface area (Å²) in [5.41, 5.74) is -18.7. The molecule has 1 aliphatic rings. The monoisotopic (exact) mass is 556 g/mol. The summed E-state index contributed by atoms with van der Waals surface area (Å²) in [5.74, 6) is -28.9. The van der Waals surface area contributed by atoms with Gasteiger partial charge in [0.2, 0.25) is 0 Å². The molecule has 1 aliphatic carbocycles. The van der Waals surface area contributed by atoms with Crippen molar-refractivity contribution in [2.24, 2.45) is 11.3 Å². The first-order valence-electron chi connectivity index (χ1n) is 9.37. The molecule has 0 saturated heterocycles. The van der Waals surface area contributed by atoms with Gasteiger partial charge in [-0.15, -0.1) is 0 Å². The van der Waals surface area contributed by atoms with Crippen LogP contribution in [0.1, 0.15) is 0 Å². The van der Waals surface area contributed by atoms with Crippen LogP contribution in [-0.4, -0.2) is 99.7 Å². The minimum Gasteiger partial charge on any atom is -0.481 e. The molecule has 1 rings (SSSR count). The fourth-order valence-electron chi connectivity index (χ4n) is 3.60. The van der Waals surface area contributed by atoms with Crippen molar-refractivity contribution in [1.82, 2.24) is 0 Å². The molecule has 0 aliphatic heterocycles. The van der Waals surface area contributed by atoms with Gasteiger partial charge in [0.25, 0.3) is 0 Å². The standard InChI is InChI=1S/C17H10O18.C4H6/c18-8(19)1-2(9(20)21)5(13(28)29)17(16(34)35,6(14(30)31)3(1)10(22)23)7(15(32)33)4(11(24)25)12(26)27;1-3-4-2/h5H,(H,18,19)(H,20,21)(H,22,23)(H,24,25)(H,26,27)(H,28,29)(H,30,31)(H,32,33)(H,34,35);3-4H,1-2H2. The second kappa shape index (κ2) is 12.3. The first kappa shape index (κ1) is 32.9. The fourth-order valence-corrected chi connectivity index (χ4v) is 3.60. The first-order valence-corrected chi connectivity index (χ1v) is 9.37. The highest BCUT2D eigenvalue weighted by molar-refractivity contribution is 6.25. The van der Waals surface area contributed by atoms with Crippen molar-refractivity contribution in [1.29, 1.82) is 0 Å². The molecule has 0 heterocycles. The Morgan fingerprint density at radius 2 is 1.00 bits per heavy atom. The molecule has 2 atom stereocenters. The molecule has 0 aromatic carbocycles. The predicted octanol–water partition coefficient (Wildman–Crippen LogP) is -1.39. The van der Waals surface area contributed by atoms with Gasteiger partial charge in [0.05, 0.1) is 27.9 Å². The molecular formula is C21H16O18. The van der Waals surface area contributed by atoms with Crippen molar-refractivity contribution >= 4 is 53.7 Å². The van der Waals surface area contributed by atoms with Crippen molar-refractivity contribution in [2.45, 2.75) is 0 Å². The van der Waals surface area contributed by atoms with Gasteiger partial charge in [-0.3, -0.25) is 9.59 Å². The maximum Gasteiger partial charge on any atom is 0.343 e. The Morgan fingerprint density at radius 3 is 1.21 bits per heavy atom. The van der Waals surface area contributed by atoms with Crippen molar-refractivity contribution in [2.75, 3.05) is 0 Å². The number of rotatable bonds is 11. The van der Waals surface area contributed by atoms with Gasteiger partial charge < -0.3 is 46.0 Å². The lowest BCUT2D eigenvalue weighted by Gasteiger charge is -2.40. The van der Waals surface area contributed by atoms with Crippen molar-refractivity contribution in [3.63, 3.8) is 0 Å². The molecule has 2 unspecified atom stereocenters. The van der Waals surface area contributed by atoms with E-state index in [4.69, 9.17) is 0 Å². The molecule has 0 fully saturated rings. The Bertz CT molecular complexity index is 1310. The van der Waals surface area contributed by atoms with Crippen molar-refractivity contribution in [3.8, 4) is 0 Å². The van der Waals surface area contributed by atoms with E-state index in [0.717, 1.165) is 0 Å². The minimum atomic E-state index is -4.62. The van der Waals surface area contributed by atoms with Crippen LogP contribution in [0.2, 0.25) is 0 Å². The highest BCUT2D eigenvalue weighted by Gasteiger charge is 2.68. The van der Waals surface area contributed by atoms with E-state index in [1.807, 2.05) is 0 Å². The van der Waals surface area contributed by atoms with Crippen LogP contribution < -0.4 is 0 Å². The van der Waals surface area contributed by atoms with Crippen LogP contribution in [0, 0.1) is 11.3 Å². The molecule has 0 saturated carbocycles. The minimum absolute atomic E-state index is 1.64. The van der Waals surface area contributed by atoms with E-state index in [1.54, 1.807) is 12.2 Å². The van der Waals surface area contributed by atoms with Gasteiger partial charge >= 0.3 is 53.7 Å². The summed E-state index contributed by atoms with van der Waals surface area (Å²) in [6, 6.07) is 0. The zero-order valence-electron chi connectivity index (χ0n) is 18.8. The molecule has 18 heteroatoms. The third-order valence-electron chi connectivity index (χ3n) is 4.79. The van der Waals surface area contributed by atoms with E-state index >= 15 is 0 Å². The molecular weight excluding hydrogens is 540 g/mol. The van der Waals surface area contributed by atoms with Crippen LogP contribution in [-0.2, 0) is 43.2 Å². The largest absolute Gasteiger partial charge is 0.481 e. The third kappa shape index (κ3) is 5.69. The molecule has 0 aromatic rings. The van der Waals surface area contributed by atoms with Crippen LogP contribution in [0.5, 0.6) is 0 Å². The average Bonchev–Trinajstić information content (AvgIpc) is 2.78. The van der Waals surface area contributed by atoms with Crippen molar-refractivity contribution < 1.29 is 89.1 Å². The lowest BCUT2D eigenvalue weighted by molar-refractivity contribution is -0.161. The molecule has 18 nitrogen and oxygen atoms in total. The third-order valence-corrected chi connectivity index (χ3v) is 4.79. The zero-order chi connectivity index (χ0) is 31.2. The topological polar surface area (TPSA) is 336 Å². The maximum absolute atomic E-state index is 12.4. The summed E-state index contributed by atoms with van der Waals surface area (Å²) in [5, 5.41) is 85.3. The van der Waals surface area contributed by atoms with Gasteiger partial charge in [-0.05, 0) is 0 Å². The number of aliphatic carboxylic acids is 9. The van der Waals surface area contributed by atoms with E-state index in [2.05, 4.69) is 13.2 Å². The molecule has 0 amide bonds. The van der Waals surface area contributed by atoms with Gasteiger partial charge in [0.1, 0.15) is 5.92 Å². The van der Waals surface area contributed by atoms with Crippen LogP contribution in [0.15, 0.2) is 58.7 Å². The lowest BCUT2D eigenvalue weighted by atomic mass is 9.56. The SMILES string of the molecule is C=CC=C.O=C(O)C1=C(C(=O)O)C(C(=O)O)C(C(=O)O)(C(C(=O)O)=C(C(=O)O)C(=O)O)C(C(=O)O)=C1C(=O)O. The normalized spacial score (nSPS) is 17.9. The summed E-state index contributed by atoms with van der Waals surface area (Å²) in [7, 11) is 0. The van der Waals surface area contributed by atoms with E-state index in [9.17, 15) is 89.1 Å². The summed E-state index contributed by atoms with van der Waals surface area (Å²) >= 11 is 0. The number of hydrogen-bond donors (Lipinski definition) is 9. The second-order valence-electron chi connectivity index (χ2n) is 6.78. The van der Waals surface area contributed by atoms with E-state index in [0.29, 0.717) is 0 Å². The maximum atomic E-state index is 12.4. The molecule has 39 heavy (non-hydrogen) atoms. The predicted molar refractivity (Wildman–Crippen MR) is 116 cm³/mol. The van der Waals surface area contributed by atoms with Crippen LogP contribution in [0.4, 0.5) is 0 Å². The molecule has 0 aromatic heterocycles. The highest BCUT2D eigenvalue weighted by atomic mass is 16.4. The van der Waals surface area contributed by atoms with Gasteiger partial charge in [0.15, 0.2) is 11.0 Å². The quantitative estimate of drug-likeness (QED) is 0.0611.